The van der Waals surface area contributed by atoms with E-state index < -0.39 is 19.5 Å². The Morgan fingerprint density at radius 3 is 2.34 bits per heavy atom. The molecule has 8 heteroatoms. The topological polar surface area (TPSA) is 95.9 Å². The average molecular weight is 458 g/mol. The lowest BCUT2D eigenvalue weighted by Crippen LogP contribution is -2.44. The summed E-state index contributed by atoms with van der Waals surface area (Å²) in [7, 11) is -3.29. The normalized spacial score (nSPS) is 17.8. The number of carboxylic acid groups (broad SMARTS) is 1. The van der Waals surface area contributed by atoms with Gasteiger partial charge in [-0.1, -0.05) is 60.7 Å². The molecule has 0 aliphatic carbocycles. The Morgan fingerprint density at radius 2 is 1.69 bits per heavy atom. The summed E-state index contributed by atoms with van der Waals surface area (Å²) in [4.78, 5) is 25.3. The number of unbranched alkanes of at least 4 members (excludes halogenated alkanes) is 1. The monoisotopic (exact) mass is 458 g/mol. The maximum Gasteiger partial charge on any atom is 0.326 e. The summed E-state index contributed by atoms with van der Waals surface area (Å²) in [6.45, 7) is 0.387. The van der Waals surface area contributed by atoms with Crippen LogP contribution in [0.4, 0.5) is 0 Å². The summed E-state index contributed by atoms with van der Waals surface area (Å²) in [6.07, 6.45) is 3.83. The van der Waals surface area contributed by atoms with E-state index in [1.54, 1.807) is 0 Å². The molecule has 1 aliphatic heterocycles. The number of hydrogen-bond donors (Lipinski definition) is 2. The molecule has 32 heavy (non-hydrogen) atoms. The molecule has 0 bridgehead atoms. The van der Waals surface area contributed by atoms with Gasteiger partial charge in [0.1, 0.15) is 6.04 Å². The first-order valence-corrected chi connectivity index (χ1v) is 12.9. The SMILES string of the molecule is O=C(O)[C@@H]1CCCN1C(=O)CNP(=O)(CCCCc1ccccc1)OCc1ccccc1. The Morgan fingerprint density at radius 1 is 1.03 bits per heavy atom. The number of aliphatic carboxylic acids is 1. The second kappa shape index (κ2) is 12.0. The van der Waals surface area contributed by atoms with Crippen LogP contribution in [0.3, 0.4) is 0 Å². The van der Waals surface area contributed by atoms with E-state index >= 15 is 0 Å². The van der Waals surface area contributed by atoms with Gasteiger partial charge >= 0.3 is 5.97 Å². The Hall–Kier alpha value is -2.47. The number of carboxylic acids is 1. The smallest absolute Gasteiger partial charge is 0.326 e. The second-order valence-electron chi connectivity index (χ2n) is 8.02. The number of aryl methyl sites for hydroxylation is 1. The highest BCUT2D eigenvalue weighted by molar-refractivity contribution is 7.56. The molecular weight excluding hydrogens is 427 g/mol. The number of nitrogens with zero attached hydrogens (tertiary/aromatic N) is 1. The summed E-state index contributed by atoms with van der Waals surface area (Å²) in [6, 6.07) is 18.8. The maximum atomic E-state index is 13.5. The van der Waals surface area contributed by atoms with Crippen molar-refractivity contribution in [3.63, 3.8) is 0 Å². The summed E-state index contributed by atoms with van der Waals surface area (Å²) in [5, 5.41) is 12.2. The van der Waals surface area contributed by atoms with E-state index in [2.05, 4.69) is 17.2 Å². The number of likely N-dealkylation sites (tertiary alicyclic amines) is 1. The molecule has 1 amide bonds. The predicted molar refractivity (Wildman–Crippen MR) is 123 cm³/mol. The molecule has 1 heterocycles. The first-order chi connectivity index (χ1) is 15.5. The van der Waals surface area contributed by atoms with Gasteiger partial charge in [0.25, 0.3) is 7.52 Å². The highest BCUT2D eigenvalue weighted by Crippen LogP contribution is 2.44. The first kappa shape index (κ1) is 24.2. The Balaban J connectivity index is 1.56. The van der Waals surface area contributed by atoms with Crippen molar-refractivity contribution in [2.24, 2.45) is 0 Å². The van der Waals surface area contributed by atoms with E-state index in [1.165, 1.54) is 10.5 Å². The molecule has 172 valence electrons. The third kappa shape index (κ3) is 7.30. The van der Waals surface area contributed by atoms with Crippen molar-refractivity contribution in [2.45, 2.75) is 44.8 Å². The van der Waals surface area contributed by atoms with Crippen LogP contribution in [0.15, 0.2) is 60.7 Å². The molecule has 1 aliphatic rings. The number of rotatable bonds is 12. The van der Waals surface area contributed by atoms with E-state index in [0.29, 0.717) is 32.0 Å². The van der Waals surface area contributed by atoms with Crippen LogP contribution in [0.25, 0.3) is 0 Å². The molecule has 1 fully saturated rings. The number of amides is 1. The van der Waals surface area contributed by atoms with E-state index in [9.17, 15) is 19.3 Å². The van der Waals surface area contributed by atoms with Crippen LogP contribution in [0.5, 0.6) is 0 Å². The van der Waals surface area contributed by atoms with Crippen molar-refractivity contribution in [3.05, 3.63) is 71.8 Å². The van der Waals surface area contributed by atoms with Crippen LogP contribution < -0.4 is 5.09 Å². The average Bonchev–Trinajstić information content (AvgIpc) is 3.31. The fourth-order valence-electron chi connectivity index (χ4n) is 3.85. The lowest BCUT2D eigenvalue weighted by atomic mass is 10.1. The van der Waals surface area contributed by atoms with Gasteiger partial charge in [-0.25, -0.2) is 9.88 Å². The molecule has 7 nitrogen and oxygen atoms in total. The zero-order valence-electron chi connectivity index (χ0n) is 18.2. The molecule has 0 saturated carbocycles. The third-order valence-electron chi connectivity index (χ3n) is 5.62. The molecule has 2 aromatic carbocycles. The van der Waals surface area contributed by atoms with Gasteiger partial charge in [0, 0.05) is 12.7 Å². The van der Waals surface area contributed by atoms with Crippen LogP contribution >= 0.6 is 7.52 Å². The van der Waals surface area contributed by atoms with Crippen molar-refractivity contribution < 1.29 is 23.8 Å². The van der Waals surface area contributed by atoms with Gasteiger partial charge in [0.2, 0.25) is 5.91 Å². The lowest BCUT2D eigenvalue weighted by Gasteiger charge is -2.24. The van der Waals surface area contributed by atoms with Crippen LogP contribution in [0.1, 0.15) is 36.8 Å². The number of carbonyl (C=O) groups is 2. The zero-order chi connectivity index (χ0) is 22.8. The van der Waals surface area contributed by atoms with Gasteiger partial charge in [-0.3, -0.25) is 9.36 Å². The van der Waals surface area contributed by atoms with E-state index in [-0.39, 0.29) is 19.1 Å². The van der Waals surface area contributed by atoms with Gasteiger partial charge in [-0.2, -0.15) is 0 Å². The summed E-state index contributed by atoms with van der Waals surface area (Å²) in [5.74, 6) is -1.36. The van der Waals surface area contributed by atoms with Crippen LogP contribution in [0, 0.1) is 0 Å². The van der Waals surface area contributed by atoms with Gasteiger partial charge in [0.05, 0.1) is 13.2 Å². The zero-order valence-corrected chi connectivity index (χ0v) is 19.1. The van der Waals surface area contributed by atoms with Crippen LogP contribution in [-0.4, -0.2) is 47.2 Å². The van der Waals surface area contributed by atoms with Crippen molar-refractivity contribution >= 4 is 19.4 Å². The first-order valence-electron chi connectivity index (χ1n) is 11.1. The summed E-state index contributed by atoms with van der Waals surface area (Å²) < 4.78 is 19.3. The molecule has 0 spiro atoms. The number of nitrogens with one attached hydrogen (secondary N) is 1. The fourth-order valence-corrected chi connectivity index (χ4v) is 5.60. The van der Waals surface area contributed by atoms with Crippen LogP contribution in [0.2, 0.25) is 0 Å². The largest absolute Gasteiger partial charge is 0.480 e. The summed E-state index contributed by atoms with van der Waals surface area (Å²) >= 11 is 0. The quantitative estimate of drug-likeness (QED) is 0.368. The second-order valence-corrected chi connectivity index (χ2v) is 10.4. The standard InChI is InChI=1S/C24H31N2O5P/c27-23(26-16-9-15-22(26)24(28)29)18-25-32(30,31-19-21-13-5-2-6-14-21)17-8-7-12-20-10-3-1-4-11-20/h1-6,10-11,13-14,22H,7-9,12,15-19H2,(H,25,30)(H,28,29)/t22-,32?/m0/s1. The van der Waals surface area contributed by atoms with Gasteiger partial charge in [-0.15, -0.1) is 0 Å². The van der Waals surface area contributed by atoms with Gasteiger partial charge in [-0.05, 0) is 43.2 Å². The van der Waals surface area contributed by atoms with Crippen LogP contribution in [-0.2, 0) is 31.7 Å². The minimum absolute atomic E-state index is 0.180. The Kier molecular flexibility index (Phi) is 9.03. The maximum absolute atomic E-state index is 13.5. The van der Waals surface area contributed by atoms with Crippen molar-refractivity contribution in [1.29, 1.82) is 0 Å². The molecular formula is C24H31N2O5P. The fraction of sp³-hybridized carbons (Fsp3) is 0.417. The number of hydrogen-bond acceptors (Lipinski definition) is 4. The number of benzene rings is 2. The molecule has 1 unspecified atom stereocenters. The van der Waals surface area contributed by atoms with Gasteiger partial charge in [0.15, 0.2) is 0 Å². The number of carbonyl (C=O) groups excluding carboxylic acids is 1. The molecule has 2 N–H and O–H groups in total. The predicted octanol–water partition coefficient (Wildman–Crippen LogP) is 4.08. The molecule has 2 atom stereocenters. The Labute approximate surface area is 189 Å². The molecule has 3 rings (SSSR count). The van der Waals surface area contributed by atoms with Gasteiger partial charge < -0.3 is 14.5 Å². The van der Waals surface area contributed by atoms with E-state index in [0.717, 1.165) is 18.4 Å². The van der Waals surface area contributed by atoms with Crippen molar-refractivity contribution in [1.82, 2.24) is 9.99 Å². The lowest BCUT2D eigenvalue weighted by molar-refractivity contribution is -0.147. The Bertz CT molecular complexity index is 923. The van der Waals surface area contributed by atoms with Crippen molar-refractivity contribution in [3.8, 4) is 0 Å². The van der Waals surface area contributed by atoms with E-state index in [1.807, 2.05) is 48.5 Å². The molecule has 2 aromatic rings. The van der Waals surface area contributed by atoms with Crippen molar-refractivity contribution in [2.75, 3.05) is 19.3 Å². The minimum Gasteiger partial charge on any atom is -0.480 e. The third-order valence-corrected chi connectivity index (χ3v) is 7.71. The molecule has 0 radical (unpaired) electrons. The highest BCUT2D eigenvalue weighted by atomic mass is 31.2. The van der Waals surface area contributed by atoms with E-state index in [4.69, 9.17) is 4.52 Å². The highest BCUT2D eigenvalue weighted by Gasteiger charge is 2.34. The molecule has 0 aromatic heterocycles. The minimum atomic E-state index is -3.29. The summed E-state index contributed by atoms with van der Waals surface area (Å²) in [5.41, 5.74) is 2.13. The molecule has 1 saturated heterocycles.